The summed E-state index contributed by atoms with van der Waals surface area (Å²) in [7, 11) is 0. The Morgan fingerprint density at radius 2 is 1.97 bits per heavy atom. The Morgan fingerprint density at radius 3 is 2.77 bits per heavy atom. The Hall–Kier alpha value is -3.81. The van der Waals surface area contributed by atoms with E-state index in [-0.39, 0.29) is 17.9 Å². The van der Waals surface area contributed by atoms with Crippen LogP contribution in [0.2, 0.25) is 0 Å². The summed E-state index contributed by atoms with van der Waals surface area (Å²) in [5.74, 6) is 0.428. The number of pyridine rings is 1. The molecule has 0 fully saturated rings. The highest BCUT2D eigenvalue weighted by Crippen LogP contribution is 2.14. The third-order valence-corrected chi connectivity index (χ3v) is 5.20. The number of benzene rings is 1. The summed E-state index contributed by atoms with van der Waals surface area (Å²) in [6.45, 7) is 3.14. The normalized spacial score (nSPS) is 11.0. The number of hydrogen-bond acceptors (Lipinski definition) is 5. The van der Waals surface area contributed by atoms with E-state index in [2.05, 4.69) is 29.8 Å². The number of para-hydroxylation sites is 2. The third-order valence-electron chi connectivity index (χ3n) is 5.20. The van der Waals surface area contributed by atoms with Crippen LogP contribution in [-0.2, 0) is 17.8 Å². The zero-order valence-corrected chi connectivity index (χ0v) is 17.3. The van der Waals surface area contributed by atoms with Crippen LogP contribution in [0.4, 0.5) is 0 Å². The van der Waals surface area contributed by atoms with Crippen molar-refractivity contribution in [3.8, 4) is 11.4 Å². The first kappa shape index (κ1) is 20.5. The summed E-state index contributed by atoms with van der Waals surface area (Å²) in [5.41, 5.74) is 3.82. The average Bonchev–Trinajstić information content (AvgIpc) is 3.20. The molecule has 3 aromatic heterocycles. The minimum Gasteiger partial charge on any atom is -0.356 e. The molecule has 31 heavy (non-hydrogen) atoms. The lowest BCUT2D eigenvalue weighted by Crippen LogP contribution is -2.27. The summed E-state index contributed by atoms with van der Waals surface area (Å²) < 4.78 is 2.08. The molecule has 1 amide bonds. The summed E-state index contributed by atoms with van der Waals surface area (Å²) in [5, 5.41) is 2.93. The van der Waals surface area contributed by atoms with Crippen molar-refractivity contribution in [1.82, 2.24) is 29.8 Å². The molecule has 8 heteroatoms. The molecule has 8 nitrogen and oxygen atoms in total. The van der Waals surface area contributed by atoms with Gasteiger partial charge in [-0.05, 0) is 44.0 Å². The number of carbonyl (C=O) groups is 1. The molecule has 0 saturated heterocycles. The molecule has 0 aliphatic carbocycles. The minimum atomic E-state index is -0.209. The lowest BCUT2D eigenvalue weighted by atomic mass is 10.1. The second-order valence-electron chi connectivity index (χ2n) is 7.34. The molecule has 0 radical (unpaired) electrons. The highest BCUT2D eigenvalue weighted by Gasteiger charge is 2.11. The van der Waals surface area contributed by atoms with Crippen LogP contribution in [0.3, 0.4) is 0 Å². The van der Waals surface area contributed by atoms with Crippen LogP contribution in [0, 0.1) is 6.92 Å². The first-order valence-corrected chi connectivity index (χ1v) is 10.3. The minimum absolute atomic E-state index is 0.0764. The van der Waals surface area contributed by atoms with Crippen LogP contribution in [0.5, 0.6) is 0 Å². The topological polar surface area (TPSA) is 106 Å². The molecule has 4 aromatic rings. The van der Waals surface area contributed by atoms with Gasteiger partial charge in [-0.25, -0.2) is 9.97 Å². The molecule has 1 aromatic carbocycles. The zero-order valence-electron chi connectivity index (χ0n) is 17.3. The second kappa shape index (κ2) is 9.34. The van der Waals surface area contributed by atoms with E-state index in [9.17, 15) is 9.59 Å². The molecule has 0 bridgehead atoms. The van der Waals surface area contributed by atoms with E-state index < -0.39 is 0 Å². The number of amides is 1. The molecular formula is C23H24N6O2. The Bertz CT molecular complexity index is 1250. The molecule has 0 aliphatic heterocycles. The summed E-state index contributed by atoms with van der Waals surface area (Å²) >= 11 is 0. The summed E-state index contributed by atoms with van der Waals surface area (Å²) in [4.78, 5) is 40.4. The number of nitrogens with one attached hydrogen (secondary N) is 2. The van der Waals surface area contributed by atoms with Crippen molar-refractivity contribution in [3.63, 3.8) is 0 Å². The van der Waals surface area contributed by atoms with Gasteiger partial charge in [-0.2, -0.15) is 0 Å². The predicted octanol–water partition coefficient (Wildman–Crippen LogP) is 2.63. The quantitative estimate of drug-likeness (QED) is 0.430. The van der Waals surface area contributed by atoms with Crippen LogP contribution in [0.25, 0.3) is 22.4 Å². The maximum absolute atomic E-state index is 12.5. The van der Waals surface area contributed by atoms with E-state index in [0.29, 0.717) is 30.0 Å². The Kier molecular flexibility index (Phi) is 6.16. The van der Waals surface area contributed by atoms with E-state index in [1.165, 1.54) is 0 Å². The fourth-order valence-corrected chi connectivity index (χ4v) is 3.54. The molecule has 0 spiro atoms. The van der Waals surface area contributed by atoms with Crippen LogP contribution in [-0.4, -0.2) is 37.0 Å². The third kappa shape index (κ3) is 4.85. The first-order valence-electron chi connectivity index (χ1n) is 10.3. The summed E-state index contributed by atoms with van der Waals surface area (Å²) in [6.07, 6.45) is 6.52. The van der Waals surface area contributed by atoms with Gasteiger partial charge in [0.2, 0.25) is 5.91 Å². The maximum Gasteiger partial charge on any atom is 0.254 e. The number of aromatic nitrogens is 5. The van der Waals surface area contributed by atoms with Crippen LogP contribution >= 0.6 is 0 Å². The van der Waals surface area contributed by atoms with Crippen molar-refractivity contribution in [2.24, 2.45) is 0 Å². The molecule has 158 valence electrons. The van der Waals surface area contributed by atoms with Gasteiger partial charge in [0.15, 0.2) is 0 Å². The molecule has 0 atom stereocenters. The number of hydrogen-bond donors (Lipinski definition) is 2. The number of aryl methyl sites for hydroxylation is 2. The molecule has 0 aliphatic rings. The highest BCUT2D eigenvalue weighted by molar-refractivity contribution is 5.76. The van der Waals surface area contributed by atoms with Crippen molar-refractivity contribution >= 4 is 16.9 Å². The van der Waals surface area contributed by atoms with Crippen molar-refractivity contribution in [3.05, 3.63) is 76.7 Å². The van der Waals surface area contributed by atoms with Gasteiger partial charge in [0.25, 0.3) is 5.56 Å². The monoisotopic (exact) mass is 416 g/mol. The van der Waals surface area contributed by atoms with E-state index in [4.69, 9.17) is 0 Å². The van der Waals surface area contributed by atoms with Gasteiger partial charge in [-0.3, -0.25) is 14.6 Å². The van der Waals surface area contributed by atoms with E-state index >= 15 is 0 Å². The summed E-state index contributed by atoms with van der Waals surface area (Å²) in [6, 6.07) is 11.6. The van der Waals surface area contributed by atoms with Crippen molar-refractivity contribution in [2.45, 2.75) is 32.7 Å². The molecular weight excluding hydrogens is 392 g/mol. The van der Waals surface area contributed by atoms with Gasteiger partial charge in [0, 0.05) is 48.7 Å². The maximum atomic E-state index is 12.5. The van der Waals surface area contributed by atoms with Crippen LogP contribution < -0.4 is 10.9 Å². The Balaban J connectivity index is 1.27. The van der Waals surface area contributed by atoms with Gasteiger partial charge in [0.05, 0.1) is 17.4 Å². The average molecular weight is 416 g/mol. The molecule has 3 heterocycles. The van der Waals surface area contributed by atoms with Gasteiger partial charge in [0.1, 0.15) is 5.82 Å². The van der Waals surface area contributed by atoms with Crippen molar-refractivity contribution < 1.29 is 4.79 Å². The van der Waals surface area contributed by atoms with Gasteiger partial charge >= 0.3 is 0 Å². The van der Waals surface area contributed by atoms with Crippen molar-refractivity contribution in [2.75, 3.05) is 6.54 Å². The number of fused-ring (bicyclic) bond motifs is 1. The van der Waals surface area contributed by atoms with Gasteiger partial charge in [-0.15, -0.1) is 0 Å². The number of imidazole rings is 1. The van der Waals surface area contributed by atoms with E-state index in [1.807, 2.05) is 30.6 Å². The molecule has 0 unspecified atom stereocenters. The standard InChI is InChI=1S/C23H24N6O2/c1-16-18(23(31)28-22(27-16)17-9-12-24-13-10-17)7-8-21(30)25-11-4-14-29-15-26-19-5-2-3-6-20(19)29/h2-3,5-6,9-10,12-13,15H,4,7-8,11,14H2,1H3,(H,25,30)(H,27,28,31). The van der Waals surface area contributed by atoms with Gasteiger partial charge < -0.3 is 14.9 Å². The lowest BCUT2D eigenvalue weighted by Gasteiger charge is -2.09. The van der Waals surface area contributed by atoms with E-state index in [1.54, 1.807) is 31.5 Å². The fraction of sp³-hybridized carbons (Fsp3) is 0.261. The number of rotatable bonds is 8. The Morgan fingerprint density at radius 1 is 1.16 bits per heavy atom. The largest absolute Gasteiger partial charge is 0.356 e. The number of carbonyl (C=O) groups excluding carboxylic acids is 1. The molecule has 4 rings (SSSR count). The van der Waals surface area contributed by atoms with Crippen LogP contribution in [0.1, 0.15) is 24.1 Å². The SMILES string of the molecule is Cc1nc(-c2ccncc2)[nH]c(=O)c1CCC(=O)NCCCn1cnc2ccccc21. The van der Waals surface area contributed by atoms with Crippen LogP contribution in [0.15, 0.2) is 59.9 Å². The van der Waals surface area contributed by atoms with E-state index in [0.717, 1.165) is 29.6 Å². The smallest absolute Gasteiger partial charge is 0.254 e. The molecule has 0 saturated carbocycles. The molecule has 2 N–H and O–H groups in total. The Labute approximate surface area is 179 Å². The zero-order chi connectivity index (χ0) is 21.6. The van der Waals surface area contributed by atoms with Crippen molar-refractivity contribution in [1.29, 1.82) is 0 Å². The fourth-order valence-electron chi connectivity index (χ4n) is 3.54. The number of nitrogens with zero attached hydrogens (tertiary/aromatic N) is 4. The highest BCUT2D eigenvalue weighted by atomic mass is 16.1. The lowest BCUT2D eigenvalue weighted by molar-refractivity contribution is -0.121. The number of aromatic amines is 1. The van der Waals surface area contributed by atoms with Gasteiger partial charge in [-0.1, -0.05) is 12.1 Å². The number of H-pyrrole nitrogens is 1. The second-order valence-corrected chi connectivity index (χ2v) is 7.34. The first-order chi connectivity index (χ1) is 15.1. The predicted molar refractivity (Wildman–Crippen MR) is 119 cm³/mol.